The van der Waals surface area contributed by atoms with Gasteiger partial charge in [-0.25, -0.2) is 0 Å². The second-order valence-electron chi connectivity index (χ2n) is 6.69. The number of rotatable bonds is 8. The predicted molar refractivity (Wildman–Crippen MR) is 96.1 cm³/mol. The van der Waals surface area contributed by atoms with E-state index in [1.807, 2.05) is 30.3 Å². The molecule has 0 aromatic heterocycles. The van der Waals surface area contributed by atoms with E-state index in [2.05, 4.69) is 5.92 Å². The molecule has 0 radical (unpaired) electrons. The molecule has 128 valence electrons. The van der Waals surface area contributed by atoms with Crippen LogP contribution in [-0.4, -0.2) is 23.1 Å². The van der Waals surface area contributed by atoms with Crippen LogP contribution in [0, 0.1) is 18.3 Å². The summed E-state index contributed by atoms with van der Waals surface area (Å²) in [6.07, 6.45) is 12.6. The number of nitrogens with zero attached hydrogens (tertiary/aromatic N) is 1. The average molecular weight is 325 g/mol. The van der Waals surface area contributed by atoms with Crippen molar-refractivity contribution < 1.29 is 9.59 Å². The van der Waals surface area contributed by atoms with E-state index in [0.29, 0.717) is 31.7 Å². The maximum atomic E-state index is 12.5. The molecule has 1 saturated carbocycles. The van der Waals surface area contributed by atoms with Gasteiger partial charge in [-0.2, -0.15) is 0 Å². The van der Waals surface area contributed by atoms with Gasteiger partial charge in [-0.15, -0.1) is 12.3 Å². The first kappa shape index (κ1) is 18.3. The normalized spacial score (nSPS) is 14.8. The molecular formula is C21H27NO2. The van der Waals surface area contributed by atoms with Gasteiger partial charge in [0, 0.05) is 25.8 Å². The van der Waals surface area contributed by atoms with Crippen LogP contribution in [0.3, 0.4) is 0 Å². The number of ketones is 1. The molecule has 3 nitrogen and oxygen atoms in total. The summed E-state index contributed by atoms with van der Waals surface area (Å²) in [7, 11) is 0. The molecule has 1 aliphatic carbocycles. The van der Waals surface area contributed by atoms with Crippen LogP contribution in [0.25, 0.3) is 0 Å². The molecule has 2 rings (SSSR count). The van der Waals surface area contributed by atoms with Crippen molar-refractivity contribution in [3.8, 4) is 12.3 Å². The second-order valence-corrected chi connectivity index (χ2v) is 6.69. The van der Waals surface area contributed by atoms with Crippen molar-refractivity contribution in [1.29, 1.82) is 0 Å². The monoisotopic (exact) mass is 325 g/mol. The van der Waals surface area contributed by atoms with Gasteiger partial charge < -0.3 is 4.90 Å². The second kappa shape index (κ2) is 9.93. The average Bonchev–Trinajstić information content (AvgIpc) is 2.61. The van der Waals surface area contributed by atoms with Crippen molar-refractivity contribution in [2.75, 3.05) is 6.54 Å². The summed E-state index contributed by atoms with van der Waals surface area (Å²) in [5, 5.41) is 0. The number of terminal acetylenes is 1. The Morgan fingerprint density at radius 3 is 2.50 bits per heavy atom. The first-order valence-electron chi connectivity index (χ1n) is 8.96. The molecule has 1 fully saturated rings. The molecular weight excluding hydrogens is 298 g/mol. The first-order chi connectivity index (χ1) is 11.7. The fraction of sp³-hybridized carbons (Fsp3) is 0.524. The highest BCUT2D eigenvalue weighted by atomic mass is 16.2. The van der Waals surface area contributed by atoms with Crippen LogP contribution in [-0.2, 0) is 16.1 Å². The standard InChI is InChI=1S/C21H27NO2/c1-2-3-14-21(24)22(16-19-12-8-5-9-13-19)17-20(23)15-18-10-6-4-7-11-18/h1,5,8-9,12-13,18H,3-4,6-7,10-11,14-17H2. The van der Waals surface area contributed by atoms with Crippen molar-refractivity contribution in [3.63, 3.8) is 0 Å². The lowest BCUT2D eigenvalue weighted by atomic mass is 9.86. The van der Waals surface area contributed by atoms with Crippen LogP contribution < -0.4 is 0 Å². The van der Waals surface area contributed by atoms with Crippen molar-refractivity contribution in [1.82, 2.24) is 4.90 Å². The number of carbonyl (C=O) groups is 2. The molecule has 0 heterocycles. The van der Waals surface area contributed by atoms with E-state index in [1.54, 1.807) is 4.90 Å². The van der Waals surface area contributed by atoms with Gasteiger partial charge in [0.05, 0.1) is 6.54 Å². The van der Waals surface area contributed by atoms with Gasteiger partial charge in [-0.3, -0.25) is 9.59 Å². The third kappa shape index (κ3) is 6.20. The molecule has 0 spiro atoms. The zero-order valence-electron chi connectivity index (χ0n) is 14.4. The molecule has 1 aliphatic rings. The van der Waals surface area contributed by atoms with Gasteiger partial charge >= 0.3 is 0 Å². The summed E-state index contributed by atoms with van der Waals surface area (Å²) in [6.45, 7) is 0.676. The van der Waals surface area contributed by atoms with Crippen molar-refractivity contribution in [3.05, 3.63) is 35.9 Å². The highest BCUT2D eigenvalue weighted by Gasteiger charge is 2.21. The van der Waals surface area contributed by atoms with Crippen LogP contribution in [0.4, 0.5) is 0 Å². The minimum Gasteiger partial charge on any atom is -0.331 e. The Labute approximate surface area is 145 Å². The van der Waals surface area contributed by atoms with Gasteiger partial charge in [-0.05, 0) is 11.5 Å². The smallest absolute Gasteiger partial charge is 0.224 e. The predicted octanol–water partition coefficient (Wildman–Crippen LogP) is 3.97. The van der Waals surface area contributed by atoms with Crippen LogP contribution in [0.2, 0.25) is 0 Å². The topological polar surface area (TPSA) is 37.4 Å². The Bertz CT molecular complexity index is 567. The number of benzene rings is 1. The molecule has 0 bridgehead atoms. The molecule has 0 saturated heterocycles. The van der Waals surface area contributed by atoms with Gasteiger partial charge in [0.25, 0.3) is 0 Å². The number of carbonyl (C=O) groups excluding carboxylic acids is 2. The first-order valence-corrected chi connectivity index (χ1v) is 8.96. The van der Waals surface area contributed by atoms with Crippen LogP contribution >= 0.6 is 0 Å². The Balaban J connectivity index is 1.94. The van der Waals surface area contributed by atoms with Crippen molar-refractivity contribution in [2.45, 2.75) is 57.9 Å². The van der Waals surface area contributed by atoms with Gasteiger partial charge in [0.2, 0.25) is 5.91 Å². The Morgan fingerprint density at radius 1 is 1.12 bits per heavy atom. The number of Topliss-reactive ketones (excluding diaryl/α,β-unsaturated/α-hetero) is 1. The lowest BCUT2D eigenvalue weighted by Crippen LogP contribution is -2.35. The Morgan fingerprint density at radius 2 is 1.83 bits per heavy atom. The SMILES string of the molecule is C#CCCC(=O)N(CC(=O)CC1CCCCC1)Cc1ccccc1. The fourth-order valence-electron chi connectivity index (χ4n) is 3.36. The van der Waals surface area contributed by atoms with Gasteiger partial charge in [0.1, 0.15) is 0 Å². The van der Waals surface area contributed by atoms with E-state index in [1.165, 1.54) is 19.3 Å². The Kier molecular flexibility index (Phi) is 7.55. The van der Waals surface area contributed by atoms with E-state index in [0.717, 1.165) is 18.4 Å². The molecule has 0 aliphatic heterocycles. The van der Waals surface area contributed by atoms with Crippen LogP contribution in [0.5, 0.6) is 0 Å². The Hall–Kier alpha value is -2.08. The molecule has 0 unspecified atom stereocenters. The molecule has 0 atom stereocenters. The molecule has 1 amide bonds. The lowest BCUT2D eigenvalue weighted by molar-refractivity contribution is -0.136. The molecule has 3 heteroatoms. The van der Waals surface area contributed by atoms with Crippen molar-refractivity contribution in [2.24, 2.45) is 5.92 Å². The van der Waals surface area contributed by atoms with E-state index in [4.69, 9.17) is 6.42 Å². The highest BCUT2D eigenvalue weighted by molar-refractivity contribution is 5.86. The largest absolute Gasteiger partial charge is 0.331 e. The van der Waals surface area contributed by atoms with Gasteiger partial charge in [-0.1, -0.05) is 62.4 Å². The quantitative estimate of drug-likeness (QED) is 0.678. The highest BCUT2D eigenvalue weighted by Crippen LogP contribution is 2.26. The van der Waals surface area contributed by atoms with Gasteiger partial charge in [0.15, 0.2) is 5.78 Å². The van der Waals surface area contributed by atoms with Crippen LogP contribution in [0.1, 0.15) is 56.9 Å². The van der Waals surface area contributed by atoms with E-state index in [9.17, 15) is 9.59 Å². The zero-order chi connectivity index (χ0) is 17.2. The maximum Gasteiger partial charge on any atom is 0.224 e. The molecule has 1 aromatic rings. The molecule has 0 N–H and O–H groups in total. The summed E-state index contributed by atoms with van der Waals surface area (Å²) >= 11 is 0. The maximum absolute atomic E-state index is 12.5. The zero-order valence-corrected chi connectivity index (χ0v) is 14.4. The fourth-order valence-corrected chi connectivity index (χ4v) is 3.36. The summed E-state index contributed by atoms with van der Waals surface area (Å²) in [6, 6.07) is 9.80. The summed E-state index contributed by atoms with van der Waals surface area (Å²) < 4.78 is 0. The third-order valence-corrected chi connectivity index (χ3v) is 4.66. The molecule has 1 aromatic carbocycles. The van der Waals surface area contributed by atoms with E-state index in [-0.39, 0.29) is 18.2 Å². The minimum atomic E-state index is -0.0335. The number of amides is 1. The van der Waals surface area contributed by atoms with E-state index < -0.39 is 0 Å². The number of hydrogen-bond donors (Lipinski definition) is 0. The lowest BCUT2D eigenvalue weighted by Gasteiger charge is -2.25. The molecule has 24 heavy (non-hydrogen) atoms. The minimum absolute atomic E-state index is 0.0335. The summed E-state index contributed by atoms with van der Waals surface area (Å²) in [5.74, 6) is 3.15. The summed E-state index contributed by atoms with van der Waals surface area (Å²) in [4.78, 5) is 26.5. The summed E-state index contributed by atoms with van der Waals surface area (Å²) in [5.41, 5.74) is 1.04. The van der Waals surface area contributed by atoms with E-state index >= 15 is 0 Å². The third-order valence-electron chi connectivity index (χ3n) is 4.66. The van der Waals surface area contributed by atoms with Crippen LogP contribution in [0.15, 0.2) is 30.3 Å². The van der Waals surface area contributed by atoms with Crippen molar-refractivity contribution >= 4 is 11.7 Å². The number of hydrogen-bond acceptors (Lipinski definition) is 2.